The first kappa shape index (κ1) is 14.1. The smallest absolute Gasteiger partial charge is 0.0594 e. The quantitative estimate of drug-likeness (QED) is 0.646. The monoisotopic (exact) mass is 273 g/mol. The van der Waals surface area contributed by atoms with Gasteiger partial charge < -0.3 is 10.1 Å². The topological polar surface area (TPSA) is 21.3 Å². The minimum atomic E-state index is 0.529. The average Bonchev–Trinajstić information content (AvgIpc) is 2.91. The van der Waals surface area contributed by atoms with Crippen molar-refractivity contribution in [3.05, 3.63) is 35.4 Å². The third kappa shape index (κ3) is 3.62. The van der Waals surface area contributed by atoms with Gasteiger partial charge in [0.15, 0.2) is 0 Å². The molecule has 20 heavy (non-hydrogen) atoms. The maximum absolute atomic E-state index is 5.95. The van der Waals surface area contributed by atoms with E-state index in [1.165, 1.54) is 56.9 Å². The van der Waals surface area contributed by atoms with Crippen molar-refractivity contribution in [1.82, 2.24) is 5.32 Å². The van der Waals surface area contributed by atoms with Crippen LogP contribution in [0, 0.1) is 0 Å². The molecule has 0 aromatic heterocycles. The molecule has 1 saturated carbocycles. The van der Waals surface area contributed by atoms with Gasteiger partial charge in [0.2, 0.25) is 0 Å². The van der Waals surface area contributed by atoms with Gasteiger partial charge >= 0.3 is 0 Å². The van der Waals surface area contributed by atoms with E-state index in [2.05, 4.69) is 29.6 Å². The molecule has 1 atom stereocenters. The van der Waals surface area contributed by atoms with E-state index in [0.717, 1.165) is 13.2 Å². The van der Waals surface area contributed by atoms with Crippen LogP contribution in [0.4, 0.5) is 0 Å². The number of ether oxygens (including phenoxy) is 1. The van der Waals surface area contributed by atoms with Crippen molar-refractivity contribution < 1.29 is 4.74 Å². The summed E-state index contributed by atoms with van der Waals surface area (Å²) in [5.74, 6) is 0. The van der Waals surface area contributed by atoms with Crippen LogP contribution in [0.1, 0.15) is 62.1 Å². The van der Waals surface area contributed by atoms with E-state index in [9.17, 15) is 0 Å². The van der Waals surface area contributed by atoms with Crippen LogP contribution in [0.25, 0.3) is 0 Å². The van der Waals surface area contributed by atoms with Crippen LogP contribution < -0.4 is 5.32 Å². The second-order valence-corrected chi connectivity index (χ2v) is 6.23. The van der Waals surface area contributed by atoms with Crippen LogP contribution in [0.15, 0.2) is 24.3 Å². The predicted octanol–water partition coefficient (Wildman–Crippen LogP) is 4.00. The summed E-state index contributed by atoms with van der Waals surface area (Å²) >= 11 is 0. The molecule has 0 spiro atoms. The van der Waals surface area contributed by atoms with Gasteiger partial charge in [-0.05, 0) is 43.2 Å². The number of benzene rings is 1. The Bertz CT molecular complexity index is 412. The maximum atomic E-state index is 5.95. The van der Waals surface area contributed by atoms with Gasteiger partial charge in [0, 0.05) is 12.6 Å². The predicted molar refractivity (Wildman–Crippen MR) is 82.9 cm³/mol. The molecule has 2 nitrogen and oxygen atoms in total. The lowest BCUT2D eigenvalue weighted by atomic mass is 9.99. The fourth-order valence-corrected chi connectivity index (χ4v) is 3.65. The zero-order chi connectivity index (χ0) is 13.6. The fraction of sp³-hybridized carbons (Fsp3) is 0.667. The Kier molecular flexibility index (Phi) is 5.10. The molecule has 110 valence electrons. The lowest BCUT2D eigenvalue weighted by Gasteiger charge is -2.20. The maximum Gasteiger partial charge on any atom is 0.0594 e. The van der Waals surface area contributed by atoms with Gasteiger partial charge in [0.05, 0.1) is 12.7 Å². The summed E-state index contributed by atoms with van der Waals surface area (Å²) in [6, 6.07) is 9.47. The minimum Gasteiger partial charge on any atom is -0.377 e. The van der Waals surface area contributed by atoms with Gasteiger partial charge in [-0.2, -0.15) is 0 Å². The first-order chi connectivity index (χ1) is 9.93. The molecule has 0 aliphatic heterocycles. The highest BCUT2D eigenvalue weighted by atomic mass is 16.5. The molecule has 1 N–H and O–H groups in total. The standard InChI is InChI=1S/C18H27NO/c1-5-11-17-15(7-1)8-2-6-12-18(17)19-13-14-20-16-9-3-4-10-16/h1,5,7,11,16,18-19H,2-4,6,8-10,12-14H2. The van der Waals surface area contributed by atoms with Crippen molar-refractivity contribution in [3.8, 4) is 0 Å². The summed E-state index contributed by atoms with van der Waals surface area (Å²) in [4.78, 5) is 0. The highest BCUT2D eigenvalue weighted by molar-refractivity contribution is 5.31. The molecule has 1 aromatic rings. The highest BCUT2D eigenvalue weighted by Gasteiger charge is 2.18. The van der Waals surface area contributed by atoms with E-state index in [0.29, 0.717) is 12.1 Å². The second kappa shape index (κ2) is 7.24. The van der Waals surface area contributed by atoms with Gasteiger partial charge in [-0.15, -0.1) is 0 Å². The molecule has 0 bridgehead atoms. The summed E-state index contributed by atoms with van der Waals surface area (Å²) in [5.41, 5.74) is 3.06. The third-order valence-electron chi connectivity index (χ3n) is 4.77. The fourth-order valence-electron chi connectivity index (χ4n) is 3.65. The molecule has 0 heterocycles. The Morgan fingerprint density at radius 1 is 1.00 bits per heavy atom. The molecule has 1 aromatic carbocycles. The summed E-state index contributed by atoms with van der Waals surface area (Å²) < 4.78 is 5.95. The van der Waals surface area contributed by atoms with E-state index in [-0.39, 0.29) is 0 Å². The normalized spacial score (nSPS) is 23.5. The zero-order valence-electron chi connectivity index (χ0n) is 12.4. The van der Waals surface area contributed by atoms with Crippen molar-refractivity contribution in [1.29, 1.82) is 0 Å². The van der Waals surface area contributed by atoms with Crippen LogP contribution in [-0.2, 0) is 11.2 Å². The summed E-state index contributed by atoms with van der Waals surface area (Å²) in [7, 11) is 0. The van der Waals surface area contributed by atoms with Crippen LogP contribution in [0.3, 0.4) is 0 Å². The Balaban J connectivity index is 1.49. The van der Waals surface area contributed by atoms with Crippen LogP contribution in [-0.4, -0.2) is 19.3 Å². The third-order valence-corrected chi connectivity index (χ3v) is 4.77. The molecule has 0 amide bonds. The van der Waals surface area contributed by atoms with Gasteiger partial charge in [-0.25, -0.2) is 0 Å². The molecule has 2 aliphatic rings. The van der Waals surface area contributed by atoms with Crippen molar-refractivity contribution in [3.63, 3.8) is 0 Å². The molecule has 2 heteroatoms. The van der Waals surface area contributed by atoms with Crippen LogP contribution in [0.5, 0.6) is 0 Å². The van der Waals surface area contributed by atoms with Crippen molar-refractivity contribution >= 4 is 0 Å². The van der Waals surface area contributed by atoms with Crippen LogP contribution in [0.2, 0.25) is 0 Å². The lowest BCUT2D eigenvalue weighted by molar-refractivity contribution is 0.0589. The first-order valence-corrected chi connectivity index (χ1v) is 8.36. The molecule has 1 unspecified atom stereocenters. The summed E-state index contributed by atoms with van der Waals surface area (Å²) in [6.45, 7) is 1.85. The largest absolute Gasteiger partial charge is 0.377 e. The van der Waals surface area contributed by atoms with E-state index >= 15 is 0 Å². The molecule has 1 fully saturated rings. The van der Waals surface area contributed by atoms with Gasteiger partial charge in [0.1, 0.15) is 0 Å². The van der Waals surface area contributed by atoms with Gasteiger partial charge in [0.25, 0.3) is 0 Å². The number of nitrogens with one attached hydrogen (secondary N) is 1. The molecule has 0 saturated heterocycles. The molecular formula is C18H27NO. The lowest BCUT2D eigenvalue weighted by Crippen LogP contribution is -2.27. The Hall–Kier alpha value is -0.860. The van der Waals surface area contributed by atoms with E-state index in [4.69, 9.17) is 4.74 Å². The number of fused-ring (bicyclic) bond motifs is 1. The van der Waals surface area contributed by atoms with E-state index < -0.39 is 0 Å². The highest BCUT2D eigenvalue weighted by Crippen LogP contribution is 2.28. The first-order valence-electron chi connectivity index (χ1n) is 8.36. The SMILES string of the molecule is c1ccc2c(c1)CCCCC2NCCOC1CCCC1. The molecule has 3 rings (SSSR count). The Labute approximate surface area is 122 Å². The number of rotatable bonds is 5. The number of aryl methyl sites for hydroxylation is 1. The minimum absolute atomic E-state index is 0.529. The average molecular weight is 273 g/mol. The molecular weight excluding hydrogens is 246 g/mol. The summed E-state index contributed by atoms with van der Waals surface area (Å²) in [5, 5.41) is 3.72. The van der Waals surface area contributed by atoms with Gasteiger partial charge in [-0.3, -0.25) is 0 Å². The van der Waals surface area contributed by atoms with E-state index in [1.807, 2.05) is 0 Å². The Morgan fingerprint density at radius 3 is 2.70 bits per heavy atom. The van der Waals surface area contributed by atoms with Crippen molar-refractivity contribution in [2.75, 3.05) is 13.2 Å². The summed E-state index contributed by atoms with van der Waals surface area (Å²) in [6.07, 6.45) is 11.0. The molecule has 2 aliphatic carbocycles. The second-order valence-electron chi connectivity index (χ2n) is 6.23. The van der Waals surface area contributed by atoms with Crippen molar-refractivity contribution in [2.45, 2.75) is 63.5 Å². The molecule has 0 radical (unpaired) electrons. The number of hydrogen-bond acceptors (Lipinski definition) is 2. The zero-order valence-corrected chi connectivity index (χ0v) is 12.4. The number of hydrogen-bond donors (Lipinski definition) is 1. The van der Waals surface area contributed by atoms with Gasteiger partial charge in [-0.1, -0.05) is 43.5 Å². The van der Waals surface area contributed by atoms with E-state index in [1.54, 1.807) is 5.56 Å². The van der Waals surface area contributed by atoms with Crippen molar-refractivity contribution in [2.24, 2.45) is 0 Å². The van der Waals surface area contributed by atoms with Crippen LogP contribution >= 0.6 is 0 Å². The Morgan fingerprint density at radius 2 is 1.80 bits per heavy atom.